The molecule has 92 valence electrons. The minimum atomic E-state index is -1.59. The van der Waals surface area contributed by atoms with Crippen molar-refractivity contribution in [3.05, 3.63) is 0 Å². The molecule has 0 aromatic heterocycles. The highest BCUT2D eigenvalue weighted by molar-refractivity contribution is 7.38. The van der Waals surface area contributed by atoms with Gasteiger partial charge < -0.3 is 9.16 Å². The summed E-state index contributed by atoms with van der Waals surface area (Å²) in [5.74, 6) is 0. The summed E-state index contributed by atoms with van der Waals surface area (Å²) in [7, 11) is -2.80. The molecule has 0 rings (SSSR count). The SMILES string of the molecule is CCCOC[Si](C)(OCCC)[Si](C)(C)C. The molecule has 0 aromatic rings. The first-order valence-corrected chi connectivity index (χ1v) is 13.2. The van der Waals surface area contributed by atoms with Crippen molar-refractivity contribution in [3.63, 3.8) is 0 Å². The third-order valence-electron chi connectivity index (χ3n) is 2.94. The van der Waals surface area contributed by atoms with Gasteiger partial charge in [0.2, 0.25) is 7.83 Å². The summed E-state index contributed by atoms with van der Waals surface area (Å²) in [5.41, 5.74) is 0. The summed E-state index contributed by atoms with van der Waals surface area (Å²) >= 11 is 0. The quantitative estimate of drug-likeness (QED) is 0.484. The molecule has 0 saturated carbocycles. The van der Waals surface area contributed by atoms with Crippen molar-refractivity contribution in [1.29, 1.82) is 0 Å². The average Bonchev–Trinajstić information content (AvgIpc) is 2.13. The lowest BCUT2D eigenvalue weighted by molar-refractivity contribution is 0.156. The first-order valence-electron chi connectivity index (χ1n) is 6.09. The van der Waals surface area contributed by atoms with E-state index in [0.29, 0.717) is 0 Å². The lowest BCUT2D eigenvalue weighted by Crippen LogP contribution is -2.61. The molecular formula is C11H28O2Si2. The zero-order valence-electron chi connectivity index (χ0n) is 11.4. The fourth-order valence-electron chi connectivity index (χ4n) is 1.21. The fraction of sp³-hybridized carbons (Fsp3) is 1.00. The van der Waals surface area contributed by atoms with Crippen molar-refractivity contribution in [2.75, 3.05) is 19.4 Å². The maximum absolute atomic E-state index is 6.17. The van der Waals surface area contributed by atoms with E-state index in [0.717, 1.165) is 32.3 Å². The van der Waals surface area contributed by atoms with Gasteiger partial charge in [-0.25, -0.2) is 0 Å². The molecule has 4 heteroatoms. The molecule has 2 nitrogen and oxygen atoms in total. The summed E-state index contributed by atoms with van der Waals surface area (Å²) in [6, 6.07) is 0. The van der Waals surface area contributed by atoms with Crippen molar-refractivity contribution in [3.8, 4) is 0 Å². The molecule has 0 aromatic carbocycles. The van der Waals surface area contributed by atoms with Crippen LogP contribution in [0.15, 0.2) is 0 Å². The van der Waals surface area contributed by atoms with E-state index in [-0.39, 0.29) is 0 Å². The van der Waals surface area contributed by atoms with E-state index in [9.17, 15) is 0 Å². The predicted octanol–water partition coefficient (Wildman–Crippen LogP) is 3.37. The highest BCUT2D eigenvalue weighted by Gasteiger charge is 2.43. The Morgan fingerprint density at radius 3 is 1.80 bits per heavy atom. The van der Waals surface area contributed by atoms with E-state index in [2.05, 4.69) is 40.0 Å². The number of hydrogen-bond acceptors (Lipinski definition) is 2. The zero-order valence-corrected chi connectivity index (χ0v) is 13.4. The maximum Gasteiger partial charge on any atom is 0.201 e. The van der Waals surface area contributed by atoms with E-state index >= 15 is 0 Å². The lowest BCUT2D eigenvalue weighted by atomic mass is 10.5. The fourth-order valence-corrected chi connectivity index (χ4v) is 6.56. The van der Waals surface area contributed by atoms with Gasteiger partial charge in [-0.3, -0.25) is 0 Å². The van der Waals surface area contributed by atoms with Crippen LogP contribution in [-0.4, -0.2) is 34.9 Å². The summed E-state index contributed by atoms with van der Waals surface area (Å²) < 4.78 is 11.9. The predicted molar refractivity (Wildman–Crippen MR) is 72.3 cm³/mol. The van der Waals surface area contributed by atoms with Crippen molar-refractivity contribution >= 4 is 15.4 Å². The minimum absolute atomic E-state index is 0.878. The maximum atomic E-state index is 6.17. The molecule has 0 radical (unpaired) electrons. The van der Waals surface area contributed by atoms with E-state index in [1.807, 2.05) is 0 Å². The molecular weight excluding hydrogens is 220 g/mol. The van der Waals surface area contributed by atoms with Crippen LogP contribution in [0.25, 0.3) is 0 Å². The summed E-state index contributed by atoms with van der Waals surface area (Å²) in [4.78, 5) is 0. The van der Waals surface area contributed by atoms with Gasteiger partial charge in [0.1, 0.15) is 0 Å². The van der Waals surface area contributed by atoms with Crippen LogP contribution in [-0.2, 0) is 9.16 Å². The van der Waals surface area contributed by atoms with Crippen LogP contribution >= 0.6 is 0 Å². The second-order valence-electron chi connectivity index (χ2n) is 5.38. The van der Waals surface area contributed by atoms with Gasteiger partial charge in [0, 0.05) is 13.2 Å². The molecule has 15 heavy (non-hydrogen) atoms. The second kappa shape index (κ2) is 6.83. The van der Waals surface area contributed by atoms with Gasteiger partial charge in [0.05, 0.1) is 13.8 Å². The highest BCUT2D eigenvalue weighted by Crippen LogP contribution is 2.21. The van der Waals surface area contributed by atoms with Crippen LogP contribution in [0.3, 0.4) is 0 Å². The van der Waals surface area contributed by atoms with Crippen LogP contribution in [0.2, 0.25) is 26.2 Å². The smallest absolute Gasteiger partial charge is 0.201 e. The number of ether oxygens (including phenoxy) is 1. The van der Waals surface area contributed by atoms with Gasteiger partial charge in [-0.15, -0.1) is 0 Å². The molecule has 1 unspecified atom stereocenters. The summed E-state index contributed by atoms with van der Waals surface area (Å²) in [6.07, 6.45) is 3.10. The standard InChI is InChI=1S/C11H28O2Si2/c1-7-9-12-11-15(6,13-10-8-2)14(3,4)5/h7-11H2,1-6H3. The van der Waals surface area contributed by atoms with Crippen LogP contribution in [0.4, 0.5) is 0 Å². The monoisotopic (exact) mass is 248 g/mol. The van der Waals surface area contributed by atoms with Crippen LogP contribution in [0.5, 0.6) is 0 Å². The van der Waals surface area contributed by atoms with E-state index in [1.165, 1.54) is 0 Å². The Bertz CT molecular complexity index is 168. The van der Waals surface area contributed by atoms with Gasteiger partial charge in [-0.05, 0) is 19.4 Å². The molecule has 0 saturated heterocycles. The largest absolute Gasteiger partial charge is 0.418 e. The molecule has 0 fully saturated rings. The number of rotatable bonds is 8. The van der Waals surface area contributed by atoms with Crippen LogP contribution in [0, 0.1) is 0 Å². The van der Waals surface area contributed by atoms with Crippen LogP contribution in [0.1, 0.15) is 26.7 Å². The molecule has 1 atom stereocenters. The number of hydrogen-bond donors (Lipinski definition) is 0. The molecule has 0 aliphatic rings. The van der Waals surface area contributed by atoms with Crippen molar-refractivity contribution in [2.24, 2.45) is 0 Å². The van der Waals surface area contributed by atoms with Crippen molar-refractivity contribution in [1.82, 2.24) is 0 Å². The second-order valence-corrected chi connectivity index (χ2v) is 20.6. The molecule has 0 heterocycles. The molecule has 0 spiro atoms. The molecule has 0 N–H and O–H groups in total. The van der Waals surface area contributed by atoms with Crippen molar-refractivity contribution in [2.45, 2.75) is 52.9 Å². The topological polar surface area (TPSA) is 18.5 Å². The van der Waals surface area contributed by atoms with Crippen molar-refractivity contribution < 1.29 is 9.16 Å². The minimum Gasteiger partial charge on any atom is -0.418 e. The van der Waals surface area contributed by atoms with E-state index < -0.39 is 15.4 Å². The first kappa shape index (κ1) is 15.4. The Morgan fingerprint density at radius 2 is 1.40 bits per heavy atom. The third-order valence-corrected chi connectivity index (χ3v) is 18.1. The third kappa shape index (κ3) is 5.29. The van der Waals surface area contributed by atoms with Gasteiger partial charge in [0.25, 0.3) is 0 Å². The lowest BCUT2D eigenvalue weighted by Gasteiger charge is -2.37. The van der Waals surface area contributed by atoms with Crippen LogP contribution < -0.4 is 0 Å². The summed E-state index contributed by atoms with van der Waals surface area (Å²) in [5, 5.41) is 0. The van der Waals surface area contributed by atoms with Gasteiger partial charge in [-0.2, -0.15) is 0 Å². The Hall–Kier alpha value is 0.354. The first-order chi connectivity index (χ1) is 6.87. The Labute approximate surface area is 97.3 Å². The van der Waals surface area contributed by atoms with Gasteiger partial charge in [-0.1, -0.05) is 33.5 Å². The molecule has 0 amide bonds. The Morgan fingerprint density at radius 1 is 0.867 bits per heavy atom. The molecule has 0 aliphatic heterocycles. The van der Waals surface area contributed by atoms with E-state index in [1.54, 1.807) is 0 Å². The van der Waals surface area contributed by atoms with Gasteiger partial charge in [0.15, 0.2) is 0 Å². The highest BCUT2D eigenvalue weighted by atomic mass is 29.3. The molecule has 0 aliphatic carbocycles. The zero-order chi connectivity index (χ0) is 11.9. The average molecular weight is 249 g/mol. The van der Waals surface area contributed by atoms with E-state index in [4.69, 9.17) is 9.16 Å². The summed E-state index contributed by atoms with van der Waals surface area (Å²) in [6.45, 7) is 15.7. The Kier molecular flexibility index (Phi) is 6.99. The van der Waals surface area contributed by atoms with Gasteiger partial charge >= 0.3 is 0 Å². The molecule has 0 bridgehead atoms. The normalized spacial score (nSPS) is 16.4. The Balaban J connectivity index is 4.28.